The third kappa shape index (κ3) is 40.1. The zero-order valence-corrected chi connectivity index (χ0v) is 56.9. The van der Waals surface area contributed by atoms with Crippen LogP contribution in [0.4, 0.5) is 19.2 Å². The summed E-state index contributed by atoms with van der Waals surface area (Å²) in [6, 6.07) is 2.36. The van der Waals surface area contributed by atoms with Gasteiger partial charge in [-0.2, -0.15) is 0 Å². The number of epoxide rings is 2. The highest BCUT2D eigenvalue weighted by Crippen LogP contribution is 2.32. The van der Waals surface area contributed by atoms with Gasteiger partial charge in [0.2, 0.25) is 0 Å². The molecule has 2 fully saturated rings. The minimum atomic E-state index is -2.63. The average Bonchev–Trinajstić information content (AvgIpc) is 3.82. The molecule has 1 aliphatic carbocycles. The molecule has 26 nitrogen and oxygen atoms in total. The molecular formula is C56H114N4O22Si4. The van der Waals surface area contributed by atoms with Crippen molar-refractivity contribution in [1.82, 2.24) is 21.3 Å². The summed E-state index contributed by atoms with van der Waals surface area (Å²) in [5.41, 5.74) is 0. The molecular weight excluding hydrogens is 1190 g/mol. The van der Waals surface area contributed by atoms with Gasteiger partial charge in [0.25, 0.3) is 0 Å². The first kappa shape index (κ1) is 86.6. The normalized spacial score (nSPS) is 17.0. The second-order valence-corrected chi connectivity index (χ2v) is 30.7. The Kier molecular flexibility index (Phi) is 54.6. The van der Waals surface area contributed by atoms with Crippen molar-refractivity contribution in [3.05, 3.63) is 48.6 Å². The summed E-state index contributed by atoms with van der Waals surface area (Å²) in [7, 11) is 8.14. The highest BCUT2D eigenvalue weighted by molar-refractivity contribution is 6.61. The smallest absolute Gasteiger partial charge is 0.445 e. The van der Waals surface area contributed by atoms with E-state index in [1.165, 1.54) is 25.7 Å². The van der Waals surface area contributed by atoms with Crippen LogP contribution in [0.1, 0.15) is 106 Å². The van der Waals surface area contributed by atoms with Crippen molar-refractivity contribution in [3.63, 3.8) is 0 Å². The molecule has 0 aromatic rings. The second-order valence-electron chi connectivity index (χ2n) is 18.3. The molecule has 0 saturated carbocycles. The van der Waals surface area contributed by atoms with Gasteiger partial charge in [-0.25, -0.2) is 19.2 Å². The van der Waals surface area contributed by atoms with E-state index < -0.39 is 59.6 Å². The molecule has 2 heterocycles. The first-order chi connectivity index (χ1) is 40.7. The maximum atomic E-state index is 11.8. The second kappa shape index (κ2) is 54.3. The number of carbonyl (C=O) groups excluding carboxylic acids is 4. The Morgan fingerprint density at radius 2 is 0.628 bits per heavy atom. The van der Waals surface area contributed by atoms with E-state index >= 15 is 0 Å². The zero-order chi connectivity index (χ0) is 62.8. The SMILES string of the molecule is C.C.C1=CCCC2OC2CC1.CC.CO[Si](CCCNC(=O)OC/C=C/COC(=O)NCCC[Si](OC)(OC)OC)(OC)OC.CO[Si](CCCNC(=O)OCC=CCCC1OC1CCC=CCOC(=O)NCCC[Si](OC)(OC)OC)(OC)OC. The summed E-state index contributed by atoms with van der Waals surface area (Å²) in [6.07, 6.45) is 26.3. The molecule has 0 aromatic carbocycles. The number of hydrogen-bond donors (Lipinski definition) is 4. The summed E-state index contributed by atoms with van der Waals surface area (Å²) >= 11 is 0. The van der Waals surface area contributed by atoms with Gasteiger partial charge in [-0.05, 0) is 89.2 Å². The van der Waals surface area contributed by atoms with Gasteiger partial charge in [0.15, 0.2) is 0 Å². The zero-order valence-electron chi connectivity index (χ0n) is 52.9. The molecule has 86 heavy (non-hydrogen) atoms. The van der Waals surface area contributed by atoms with E-state index in [9.17, 15) is 19.2 Å². The molecule has 3 aliphatic rings. The van der Waals surface area contributed by atoms with Gasteiger partial charge in [-0.15, -0.1) is 0 Å². The topological polar surface area (TPSA) is 289 Å². The number of amides is 4. The van der Waals surface area contributed by atoms with Crippen molar-refractivity contribution < 1.29 is 101 Å². The fourth-order valence-electron chi connectivity index (χ4n) is 8.07. The molecule has 0 bridgehead atoms. The Morgan fingerprint density at radius 3 is 0.860 bits per heavy atom. The Balaban J connectivity index is -0.00000135. The predicted octanol–water partition coefficient (Wildman–Crippen LogP) is 9.13. The molecule has 0 spiro atoms. The highest BCUT2D eigenvalue weighted by Gasteiger charge is 2.40. The minimum Gasteiger partial charge on any atom is -0.445 e. The third-order valence-corrected chi connectivity index (χ3v) is 24.5. The number of hydrogen-bond acceptors (Lipinski definition) is 22. The number of carbonyl (C=O) groups is 4. The average molecular weight is 1310 g/mol. The lowest BCUT2D eigenvalue weighted by molar-refractivity contribution is 0.122. The van der Waals surface area contributed by atoms with Crippen LogP contribution in [0.5, 0.6) is 0 Å². The third-order valence-electron chi connectivity index (χ3n) is 13.2. The molecule has 506 valence electrons. The summed E-state index contributed by atoms with van der Waals surface area (Å²) in [6.45, 7) is 6.26. The lowest BCUT2D eigenvalue weighted by atomic mass is 10.1. The van der Waals surface area contributed by atoms with Gasteiger partial charge < -0.3 is 103 Å². The number of rotatable bonds is 42. The summed E-state index contributed by atoms with van der Waals surface area (Å²) in [5, 5.41) is 10.7. The Labute approximate surface area is 520 Å². The van der Waals surface area contributed by atoms with Gasteiger partial charge in [-0.3, -0.25) is 0 Å². The maximum Gasteiger partial charge on any atom is 0.500 e. The number of alkyl carbamates (subject to hydrolysis) is 4. The molecule has 2 aliphatic heterocycles. The first-order valence-electron chi connectivity index (χ1n) is 28.8. The van der Waals surface area contributed by atoms with E-state index in [0.29, 0.717) is 88.2 Å². The van der Waals surface area contributed by atoms with Gasteiger partial charge in [-0.1, -0.05) is 65.2 Å². The van der Waals surface area contributed by atoms with E-state index in [1.54, 1.807) is 97.5 Å². The van der Waals surface area contributed by atoms with Crippen LogP contribution in [0, 0.1) is 0 Å². The molecule has 3 rings (SSSR count). The fraction of sp³-hybridized carbons (Fsp3) is 0.786. The minimum absolute atomic E-state index is 0. The van der Waals surface area contributed by atoms with Crippen molar-refractivity contribution in [2.45, 2.75) is 154 Å². The number of nitrogens with one attached hydrogen (secondary N) is 4. The predicted molar refractivity (Wildman–Crippen MR) is 338 cm³/mol. The largest absolute Gasteiger partial charge is 0.500 e. The lowest BCUT2D eigenvalue weighted by Crippen LogP contribution is -2.43. The van der Waals surface area contributed by atoms with Crippen LogP contribution in [0.3, 0.4) is 0 Å². The molecule has 4 N–H and O–H groups in total. The van der Waals surface area contributed by atoms with Crippen molar-refractivity contribution in [2.24, 2.45) is 0 Å². The van der Waals surface area contributed by atoms with Gasteiger partial charge in [0, 0.05) is 136 Å². The molecule has 30 heteroatoms. The van der Waals surface area contributed by atoms with E-state index in [-0.39, 0.29) is 53.5 Å². The van der Waals surface area contributed by atoms with Gasteiger partial charge in [0.05, 0.1) is 24.4 Å². The van der Waals surface area contributed by atoms with Crippen LogP contribution < -0.4 is 21.3 Å². The molecule has 4 unspecified atom stereocenters. The van der Waals surface area contributed by atoms with Crippen molar-refractivity contribution in [2.75, 3.05) is 138 Å². The van der Waals surface area contributed by atoms with E-state index in [1.807, 2.05) is 38.2 Å². The van der Waals surface area contributed by atoms with Crippen LogP contribution >= 0.6 is 0 Å². The van der Waals surface area contributed by atoms with Crippen molar-refractivity contribution >= 4 is 59.6 Å². The molecule has 2 saturated heterocycles. The summed E-state index contributed by atoms with van der Waals surface area (Å²) in [4.78, 5) is 46.8. The van der Waals surface area contributed by atoms with Crippen molar-refractivity contribution in [1.29, 1.82) is 0 Å². The monoisotopic (exact) mass is 1310 g/mol. The molecule has 0 radical (unpaired) electrons. The van der Waals surface area contributed by atoms with Crippen molar-refractivity contribution in [3.8, 4) is 0 Å². The van der Waals surface area contributed by atoms with E-state index in [0.717, 1.165) is 25.7 Å². The first-order valence-corrected chi connectivity index (χ1v) is 36.5. The molecule has 4 atom stereocenters. The Bertz CT molecular complexity index is 1660. The Hall–Kier alpha value is -3.65. The van der Waals surface area contributed by atoms with Crippen LogP contribution in [0.2, 0.25) is 24.2 Å². The van der Waals surface area contributed by atoms with E-state index in [2.05, 4.69) is 33.4 Å². The summed E-state index contributed by atoms with van der Waals surface area (Å²) in [5.74, 6) is 0. The fourth-order valence-corrected chi connectivity index (χ4v) is 15.0. The highest BCUT2D eigenvalue weighted by atomic mass is 28.4. The summed E-state index contributed by atoms with van der Waals surface area (Å²) < 4.78 is 95.3. The van der Waals surface area contributed by atoms with Gasteiger partial charge >= 0.3 is 59.6 Å². The lowest BCUT2D eigenvalue weighted by Gasteiger charge is -2.24. The van der Waals surface area contributed by atoms with Crippen LogP contribution in [-0.4, -0.2) is 222 Å². The van der Waals surface area contributed by atoms with Crippen LogP contribution in [-0.2, 0) is 81.5 Å². The molecule has 4 amide bonds. The maximum absolute atomic E-state index is 11.8. The quantitative estimate of drug-likeness (QED) is 0.0146. The Morgan fingerprint density at radius 1 is 0.395 bits per heavy atom. The standard InChI is InChI=1S/C26H50N2O11Si2.C18H38N2O10Si2.C8H12O.C2H6.2CH4/c1-31-40(32-2,33-3)21-13-17-27-25(29)37-19-11-7-9-15-23-24(39-23)16-10-8-12-20-38-26(30)28-18-14-22-41(34-4,35-5)36-6;1-23-31(24-2,25-3)15-9-11-19-17(21)29-13-7-8-14-30-18(22)20-12-10-16-32(26-4,27-5)28-6;1-2-4-6-8-7(9-8)5-3-1;1-2;;/h7-8,11-12,23-24H,9-10,13-22H2,1-6H3,(H,27,29)(H,28,30);7-8H,9-16H2,1-6H3,(H,19,21)(H,20,22);1-2,7-8H,3-6H2;1-2H3;2*1H4/b;8-7+;;;;. The number of ether oxygens (including phenoxy) is 6. The van der Waals surface area contributed by atoms with Crippen LogP contribution in [0.15, 0.2) is 48.6 Å². The number of fused-ring (bicyclic) bond motifs is 1. The number of allylic oxidation sites excluding steroid dienone is 4. The van der Waals surface area contributed by atoms with E-state index in [4.69, 9.17) is 81.5 Å². The van der Waals surface area contributed by atoms with Crippen LogP contribution in [0.25, 0.3) is 0 Å². The van der Waals surface area contributed by atoms with Gasteiger partial charge in [0.1, 0.15) is 26.4 Å². The molecule has 0 aromatic heterocycles.